The molecule has 2 aliphatic rings. The minimum absolute atomic E-state index is 0.182. The Morgan fingerprint density at radius 3 is 2.67 bits per heavy atom. The predicted molar refractivity (Wildman–Crippen MR) is 103 cm³/mol. The topological polar surface area (TPSA) is 69.7 Å². The molecule has 0 aliphatic carbocycles. The lowest BCUT2D eigenvalue weighted by Gasteiger charge is -2.47. The molecule has 7 heteroatoms. The number of hydrogen-bond donors (Lipinski definition) is 1. The standard InChI is InChI=1S/C20H18ClN3O3/c1-12-7-8-15(14(21)11-12)22-19(27)20-10-9-17(25)24(20)16-6-4-3-5-13(16)18(26)23(20)2/h3-8,11H,9-10H2,1-2H3,(H,22,27)/t20-/m1/s1. The van der Waals surface area contributed by atoms with E-state index in [0.717, 1.165) is 5.56 Å². The van der Waals surface area contributed by atoms with Crippen LogP contribution in [0.1, 0.15) is 28.8 Å². The van der Waals surface area contributed by atoms with Gasteiger partial charge in [-0.25, -0.2) is 0 Å². The molecule has 3 amide bonds. The van der Waals surface area contributed by atoms with Crippen molar-refractivity contribution in [1.82, 2.24) is 4.90 Å². The fourth-order valence-corrected chi connectivity index (χ4v) is 4.15. The van der Waals surface area contributed by atoms with Gasteiger partial charge in [0.1, 0.15) is 0 Å². The molecule has 138 valence electrons. The Labute approximate surface area is 161 Å². The molecule has 0 bridgehead atoms. The Balaban J connectivity index is 1.81. The largest absolute Gasteiger partial charge is 0.321 e. The number of carbonyl (C=O) groups excluding carboxylic acids is 3. The van der Waals surface area contributed by atoms with Gasteiger partial charge in [0.15, 0.2) is 0 Å². The van der Waals surface area contributed by atoms with Gasteiger partial charge in [0.25, 0.3) is 11.8 Å². The lowest BCUT2D eigenvalue weighted by molar-refractivity contribution is -0.128. The average Bonchev–Trinajstić information content (AvgIpc) is 3.01. The Morgan fingerprint density at radius 2 is 1.93 bits per heavy atom. The first-order valence-corrected chi connectivity index (χ1v) is 9.02. The number of halogens is 1. The molecule has 27 heavy (non-hydrogen) atoms. The molecule has 1 saturated heterocycles. The highest BCUT2D eigenvalue weighted by atomic mass is 35.5. The van der Waals surface area contributed by atoms with Crippen LogP contribution >= 0.6 is 11.6 Å². The summed E-state index contributed by atoms with van der Waals surface area (Å²) < 4.78 is 0. The number of nitrogens with one attached hydrogen (secondary N) is 1. The first-order valence-electron chi connectivity index (χ1n) is 8.64. The van der Waals surface area contributed by atoms with Gasteiger partial charge in [0.2, 0.25) is 11.6 Å². The van der Waals surface area contributed by atoms with Crippen LogP contribution in [0.15, 0.2) is 42.5 Å². The van der Waals surface area contributed by atoms with Crippen molar-refractivity contribution in [3.8, 4) is 0 Å². The number of carbonyl (C=O) groups is 3. The van der Waals surface area contributed by atoms with E-state index >= 15 is 0 Å². The summed E-state index contributed by atoms with van der Waals surface area (Å²) in [7, 11) is 1.56. The molecule has 0 spiro atoms. The van der Waals surface area contributed by atoms with Gasteiger partial charge in [0, 0.05) is 19.9 Å². The van der Waals surface area contributed by atoms with Gasteiger partial charge in [-0.1, -0.05) is 29.8 Å². The van der Waals surface area contributed by atoms with Crippen LogP contribution in [-0.2, 0) is 9.59 Å². The van der Waals surface area contributed by atoms with Gasteiger partial charge in [-0.15, -0.1) is 0 Å². The maximum Gasteiger partial charge on any atom is 0.271 e. The maximum absolute atomic E-state index is 13.4. The fourth-order valence-electron chi connectivity index (χ4n) is 3.87. The zero-order valence-corrected chi connectivity index (χ0v) is 15.7. The van der Waals surface area contributed by atoms with E-state index < -0.39 is 11.6 Å². The zero-order valence-electron chi connectivity index (χ0n) is 15.0. The highest BCUT2D eigenvalue weighted by Crippen LogP contribution is 2.44. The summed E-state index contributed by atoms with van der Waals surface area (Å²) in [5, 5.41) is 3.22. The third-order valence-electron chi connectivity index (χ3n) is 5.28. The van der Waals surface area contributed by atoms with Crippen LogP contribution in [-0.4, -0.2) is 35.3 Å². The van der Waals surface area contributed by atoms with Gasteiger partial charge < -0.3 is 10.2 Å². The van der Waals surface area contributed by atoms with Gasteiger partial charge in [-0.05, 0) is 36.8 Å². The van der Waals surface area contributed by atoms with Crippen molar-refractivity contribution < 1.29 is 14.4 Å². The summed E-state index contributed by atoms with van der Waals surface area (Å²) >= 11 is 6.25. The monoisotopic (exact) mass is 383 g/mol. The van der Waals surface area contributed by atoms with Crippen molar-refractivity contribution in [3.05, 3.63) is 58.6 Å². The Hall–Kier alpha value is -2.86. The number of benzene rings is 2. The third kappa shape index (κ3) is 2.44. The lowest BCUT2D eigenvalue weighted by Crippen LogP contribution is -2.68. The van der Waals surface area contributed by atoms with Crippen molar-refractivity contribution >= 4 is 40.7 Å². The molecular weight excluding hydrogens is 366 g/mol. The second-order valence-corrected chi connectivity index (χ2v) is 7.27. The summed E-state index contributed by atoms with van der Waals surface area (Å²) in [5.41, 5.74) is 0.880. The summed E-state index contributed by atoms with van der Waals surface area (Å²) in [4.78, 5) is 41.8. The van der Waals surface area contributed by atoms with Crippen LogP contribution in [0.3, 0.4) is 0 Å². The van der Waals surface area contributed by atoms with E-state index in [2.05, 4.69) is 5.32 Å². The number of likely N-dealkylation sites (N-methyl/N-ethyl adjacent to an activating group) is 1. The first-order chi connectivity index (χ1) is 12.9. The van der Waals surface area contributed by atoms with Crippen molar-refractivity contribution in [2.75, 3.05) is 17.3 Å². The molecule has 0 aromatic heterocycles. The maximum atomic E-state index is 13.4. The van der Waals surface area contributed by atoms with Crippen LogP contribution in [0.25, 0.3) is 0 Å². The minimum atomic E-state index is -1.41. The normalized spacial score (nSPS) is 21.1. The quantitative estimate of drug-likeness (QED) is 0.865. The van der Waals surface area contributed by atoms with Crippen molar-refractivity contribution in [3.63, 3.8) is 0 Å². The van der Waals surface area contributed by atoms with E-state index in [-0.39, 0.29) is 24.7 Å². The molecule has 1 atom stereocenters. The van der Waals surface area contributed by atoms with Crippen molar-refractivity contribution in [1.29, 1.82) is 0 Å². The van der Waals surface area contributed by atoms with Crippen molar-refractivity contribution in [2.45, 2.75) is 25.4 Å². The number of rotatable bonds is 2. The number of amides is 3. The molecule has 2 aromatic carbocycles. The van der Waals surface area contributed by atoms with Gasteiger partial charge in [-0.3, -0.25) is 19.3 Å². The van der Waals surface area contributed by atoms with E-state index in [4.69, 9.17) is 11.6 Å². The van der Waals surface area contributed by atoms with E-state index in [0.29, 0.717) is 22.0 Å². The van der Waals surface area contributed by atoms with Crippen LogP contribution in [0, 0.1) is 6.92 Å². The molecule has 2 aromatic rings. The van der Waals surface area contributed by atoms with Crippen LogP contribution in [0.2, 0.25) is 5.02 Å². The zero-order chi connectivity index (χ0) is 19.3. The second-order valence-electron chi connectivity index (χ2n) is 6.86. The Kier molecular flexibility index (Phi) is 3.96. The average molecular weight is 384 g/mol. The number of para-hydroxylation sites is 1. The van der Waals surface area contributed by atoms with Crippen LogP contribution < -0.4 is 10.2 Å². The molecule has 6 nitrogen and oxygen atoms in total. The molecule has 4 rings (SSSR count). The van der Waals surface area contributed by atoms with Crippen molar-refractivity contribution in [2.24, 2.45) is 0 Å². The number of nitrogens with zero attached hydrogens (tertiary/aromatic N) is 2. The highest BCUT2D eigenvalue weighted by Gasteiger charge is 2.59. The predicted octanol–water partition coefficient (Wildman–Crippen LogP) is 3.20. The van der Waals surface area contributed by atoms with Gasteiger partial charge in [0.05, 0.1) is 22.0 Å². The van der Waals surface area contributed by atoms with Crippen LogP contribution in [0.5, 0.6) is 0 Å². The Bertz CT molecular complexity index is 990. The molecule has 1 fully saturated rings. The summed E-state index contributed by atoms with van der Waals surface area (Å²) in [6.07, 6.45) is 0.402. The van der Waals surface area contributed by atoms with E-state index in [9.17, 15) is 14.4 Å². The summed E-state index contributed by atoms with van der Waals surface area (Å²) in [6, 6.07) is 12.2. The third-order valence-corrected chi connectivity index (χ3v) is 5.59. The smallest absolute Gasteiger partial charge is 0.271 e. The fraction of sp³-hybridized carbons (Fsp3) is 0.250. The SMILES string of the molecule is Cc1ccc(NC(=O)[C@@]23CCC(=O)N2c2ccccc2C(=O)N3C)c(Cl)c1. The van der Waals surface area contributed by atoms with E-state index in [1.807, 2.05) is 13.0 Å². The molecule has 1 N–H and O–H groups in total. The summed E-state index contributed by atoms with van der Waals surface area (Å²) in [5.74, 6) is -0.932. The number of fused-ring (bicyclic) bond motifs is 3. The first kappa shape index (κ1) is 17.5. The molecule has 2 heterocycles. The van der Waals surface area contributed by atoms with E-state index in [1.165, 1.54) is 9.80 Å². The van der Waals surface area contributed by atoms with Gasteiger partial charge in [-0.2, -0.15) is 0 Å². The Morgan fingerprint density at radius 1 is 1.19 bits per heavy atom. The molecule has 0 unspecified atom stereocenters. The lowest BCUT2D eigenvalue weighted by atomic mass is 9.96. The number of aryl methyl sites for hydroxylation is 1. The van der Waals surface area contributed by atoms with E-state index in [1.54, 1.807) is 43.4 Å². The second kappa shape index (κ2) is 6.09. The number of hydrogen-bond acceptors (Lipinski definition) is 3. The van der Waals surface area contributed by atoms with Gasteiger partial charge >= 0.3 is 0 Å². The molecule has 0 radical (unpaired) electrons. The highest BCUT2D eigenvalue weighted by molar-refractivity contribution is 6.34. The molecular formula is C20H18ClN3O3. The summed E-state index contributed by atoms with van der Waals surface area (Å²) in [6.45, 7) is 1.90. The number of anilines is 2. The van der Waals surface area contributed by atoms with Crippen LogP contribution in [0.4, 0.5) is 11.4 Å². The minimum Gasteiger partial charge on any atom is -0.321 e. The molecule has 0 saturated carbocycles. The molecule has 2 aliphatic heterocycles.